The Morgan fingerprint density at radius 3 is 2.77 bits per heavy atom. The third-order valence-electron chi connectivity index (χ3n) is 3.26. The number of carbonyl (C=O) groups excluding carboxylic acids is 1. The molecule has 1 heterocycles. The molecule has 0 bridgehead atoms. The summed E-state index contributed by atoms with van der Waals surface area (Å²) in [5, 5.41) is 2.02. The molecule has 1 aromatic heterocycles. The monoisotopic (exact) mass is 379 g/mol. The largest absolute Gasteiger partial charge is 0.496 e. The summed E-state index contributed by atoms with van der Waals surface area (Å²) in [6.07, 6.45) is 1.65. The molecule has 0 aliphatic heterocycles. The molecule has 1 amide bonds. The van der Waals surface area contributed by atoms with Gasteiger partial charge in [-0.15, -0.1) is 11.3 Å². The second-order valence-corrected chi connectivity index (χ2v) is 6.86. The Balaban J connectivity index is 2.11. The number of hydrogen-bond donors (Lipinski definition) is 0. The van der Waals surface area contributed by atoms with Crippen molar-refractivity contribution in [1.29, 1.82) is 0 Å². The molecule has 2 rings (SSSR count). The summed E-state index contributed by atoms with van der Waals surface area (Å²) in [6, 6.07) is 9.73. The quantitative estimate of drug-likeness (QED) is 0.711. The number of thiophene rings is 1. The highest BCUT2D eigenvalue weighted by molar-refractivity contribution is 9.10. The van der Waals surface area contributed by atoms with Gasteiger partial charge in [0.05, 0.1) is 13.7 Å². The zero-order valence-electron chi connectivity index (χ0n) is 12.8. The van der Waals surface area contributed by atoms with Crippen LogP contribution in [0.15, 0.2) is 46.3 Å². The highest BCUT2D eigenvalue weighted by atomic mass is 79.9. The van der Waals surface area contributed by atoms with Crippen molar-refractivity contribution in [3.05, 3.63) is 56.7 Å². The Hall–Kier alpha value is -1.59. The van der Waals surface area contributed by atoms with Crippen LogP contribution in [0.2, 0.25) is 0 Å². The number of halogens is 1. The Bertz CT molecular complexity index is 693. The number of allylic oxidation sites excluding steroid dienone is 1. The van der Waals surface area contributed by atoms with Gasteiger partial charge in [0.2, 0.25) is 5.91 Å². The number of amides is 1. The minimum absolute atomic E-state index is 0.0204. The second kappa shape index (κ2) is 7.61. The first-order chi connectivity index (χ1) is 10.5. The molecule has 0 N–H and O–H groups in total. The molecule has 116 valence electrons. The minimum Gasteiger partial charge on any atom is -0.496 e. The predicted molar refractivity (Wildman–Crippen MR) is 95.1 cm³/mol. The van der Waals surface area contributed by atoms with E-state index in [1.54, 1.807) is 29.4 Å². The normalized spacial score (nSPS) is 11.4. The molecular formula is C17H18BrNO2S. The first-order valence-electron chi connectivity index (χ1n) is 6.81. The number of hydrogen-bond acceptors (Lipinski definition) is 3. The van der Waals surface area contributed by atoms with E-state index in [1.165, 1.54) is 0 Å². The second-order valence-electron chi connectivity index (χ2n) is 4.95. The summed E-state index contributed by atoms with van der Waals surface area (Å²) in [7, 11) is 3.44. The number of nitrogens with zero attached hydrogens (tertiary/aromatic N) is 1. The molecule has 3 nitrogen and oxygen atoms in total. The number of para-hydroxylation sites is 1. The van der Waals surface area contributed by atoms with Crippen molar-refractivity contribution in [2.75, 3.05) is 14.2 Å². The van der Waals surface area contributed by atoms with Gasteiger partial charge in [0.25, 0.3) is 0 Å². The fraction of sp³-hybridized carbons (Fsp3) is 0.235. The van der Waals surface area contributed by atoms with Gasteiger partial charge in [-0.05, 0) is 40.6 Å². The van der Waals surface area contributed by atoms with E-state index in [9.17, 15) is 4.79 Å². The van der Waals surface area contributed by atoms with E-state index in [1.807, 2.05) is 49.7 Å². The standard InChI is InChI=1S/C17H18BrNO2S/c1-12(15-6-4-5-7-16(15)21-3)8-17(20)19(2)10-14-9-13(18)11-22-14/h4-9,11H,10H2,1-3H3. The fourth-order valence-corrected chi connectivity index (χ4v) is 3.60. The Morgan fingerprint density at radius 1 is 1.41 bits per heavy atom. The Kier molecular flexibility index (Phi) is 5.80. The molecule has 0 aliphatic carbocycles. The molecule has 2 aromatic rings. The molecular weight excluding hydrogens is 362 g/mol. The molecule has 0 saturated carbocycles. The molecule has 0 saturated heterocycles. The van der Waals surface area contributed by atoms with E-state index in [4.69, 9.17) is 4.74 Å². The third-order valence-corrected chi connectivity index (χ3v) is 4.95. The highest BCUT2D eigenvalue weighted by Crippen LogP contribution is 2.25. The van der Waals surface area contributed by atoms with E-state index >= 15 is 0 Å². The Labute approximate surface area is 143 Å². The molecule has 0 aliphatic rings. The lowest BCUT2D eigenvalue weighted by atomic mass is 10.1. The predicted octanol–water partition coefficient (Wildman–Crippen LogP) is 4.58. The van der Waals surface area contributed by atoms with Crippen LogP contribution in [0.4, 0.5) is 0 Å². The first kappa shape index (κ1) is 16.8. The summed E-state index contributed by atoms with van der Waals surface area (Å²) < 4.78 is 6.39. The molecule has 0 radical (unpaired) electrons. The number of rotatable bonds is 5. The van der Waals surface area contributed by atoms with Gasteiger partial charge in [-0.2, -0.15) is 0 Å². The van der Waals surface area contributed by atoms with Crippen LogP contribution in [0.5, 0.6) is 5.75 Å². The van der Waals surface area contributed by atoms with Crippen LogP contribution in [0.25, 0.3) is 5.57 Å². The van der Waals surface area contributed by atoms with Crippen molar-refractivity contribution in [2.45, 2.75) is 13.5 Å². The van der Waals surface area contributed by atoms with Gasteiger partial charge in [-0.1, -0.05) is 18.2 Å². The zero-order chi connectivity index (χ0) is 16.1. The molecule has 22 heavy (non-hydrogen) atoms. The molecule has 0 fully saturated rings. The third kappa shape index (κ3) is 4.21. The summed E-state index contributed by atoms with van der Waals surface area (Å²) in [4.78, 5) is 15.2. The number of likely N-dealkylation sites (N-methyl/N-ethyl adjacent to an activating group) is 1. The molecule has 0 atom stereocenters. The van der Waals surface area contributed by atoms with Crippen LogP contribution >= 0.6 is 27.3 Å². The van der Waals surface area contributed by atoms with Gasteiger partial charge < -0.3 is 9.64 Å². The minimum atomic E-state index is -0.0204. The van der Waals surface area contributed by atoms with E-state index in [0.29, 0.717) is 6.54 Å². The molecule has 0 unspecified atom stereocenters. The van der Waals surface area contributed by atoms with Gasteiger partial charge in [0.15, 0.2) is 0 Å². The van der Waals surface area contributed by atoms with Gasteiger partial charge in [0.1, 0.15) is 5.75 Å². The van der Waals surface area contributed by atoms with Crippen LogP contribution in [-0.2, 0) is 11.3 Å². The van der Waals surface area contributed by atoms with Gasteiger partial charge in [-0.3, -0.25) is 4.79 Å². The van der Waals surface area contributed by atoms with Crippen molar-refractivity contribution in [1.82, 2.24) is 4.90 Å². The highest BCUT2D eigenvalue weighted by Gasteiger charge is 2.10. The van der Waals surface area contributed by atoms with E-state index in [0.717, 1.165) is 26.2 Å². The molecule has 0 spiro atoms. The van der Waals surface area contributed by atoms with Gasteiger partial charge in [0, 0.05) is 33.4 Å². The summed E-state index contributed by atoms with van der Waals surface area (Å²) in [6.45, 7) is 2.52. The number of benzene rings is 1. The lowest BCUT2D eigenvalue weighted by Gasteiger charge is -2.15. The number of ether oxygens (including phenoxy) is 1. The average molecular weight is 380 g/mol. The summed E-state index contributed by atoms with van der Waals surface area (Å²) in [5.41, 5.74) is 1.83. The topological polar surface area (TPSA) is 29.5 Å². The average Bonchev–Trinajstić information content (AvgIpc) is 2.92. The van der Waals surface area contributed by atoms with Crippen molar-refractivity contribution < 1.29 is 9.53 Å². The first-order valence-corrected chi connectivity index (χ1v) is 8.48. The van der Waals surface area contributed by atoms with Crippen molar-refractivity contribution in [3.63, 3.8) is 0 Å². The summed E-state index contributed by atoms with van der Waals surface area (Å²) in [5.74, 6) is 0.752. The van der Waals surface area contributed by atoms with Crippen LogP contribution < -0.4 is 4.74 Å². The SMILES string of the molecule is COc1ccccc1C(C)=CC(=O)N(C)Cc1cc(Br)cs1. The Morgan fingerprint density at radius 2 is 2.14 bits per heavy atom. The molecule has 5 heteroatoms. The molecule has 1 aromatic carbocycles. The van der Waals surface area contributed by atoms with Crippen molar-refractivity contribution in [3.8, 4) is 5.75 Å². The van der Waals surface area contributed by atoms with Crippen LogP contribution in [-0.4, -0.2) is 25.0 Å². The maximum absolute atomic E-state index is 12.3. The van der Waals surface area contributed by atoms with Gasteiger partial charge in [-0.25, -0.2) is 0 Å². The zero-order valence-corrected chi connectivity index (χ0v) is 15.2. The van der Waals surface area contributed by atoms with Gasteiger partial charge >= 0.3 is 0 Å². The van der Waals surface area contributed by atoms with Crippen LogP contribution in [0.3, 0.4) is 0 Å². The maximum Gasteiger partial charge on any atom is 0.246 e. The van der Waals surface area contributed by atoms with Crippen LogP contribution in [0.1, 0.15) is 17.4 Å². The van der Waals surface area contributed by atoms with Crippen molar-refractivity contribution in [2.24, 2.45) is 0 Å². The fourth-order valence-electron chi connectivity index (χ4n) is 2.09. The van der Waals surface area contributed by atoms with E-state index in [2.05, 4.69) is 15.9 Å². The maximum atomic E-state index is 12.3. The van der Waals surface area contributed by atoms with Crippen molar-refractivity contribution >= 4 is 38.7 Å². The lowest BCUT2D eigenvalue weighted by Crippen LogP contribution is -2.23. The smallest absolute Gasteiger partial charge is 0.246 e. The van der Waals surface area contributed by atoms with E-state index in [-0.39, 0.29) is 5.91 Å². The number of carbonyl (C=O) groups is 1. The summed E-state index contributed by atoms with van der Waals surface area (Å²) >= 11 is 5.06. The lowest BCUT2D eigenvalue weighted by molar-refractivity contribution is -0.125. The van der Waals surface area contributed by atoms with E-state index < -0.39 is 0 Å². The number of methoxy groups -OCH3 is 1. The van der Waals surface area contributed by atoms with Crippen LogP contribution in [0, 0.1) is 0 Å².